The maximum Gasteiger partial charge on any atom is 0.223 e. The molecule has 202 valence electrons. The molecule has 0 saturated carbocycles. The molecule has 2 atom stereocenters. The van der Waals surface area contributed by atoms with Crippen molar-refractivity contribution in [2.75, 3.05) is 32.8 Å². The van der Waals surface area contributed by atoms with Crippen LogP contribution in [0.15, 0.2) is 47.7 Å². The van der Waals surface area contributed by atoms with Gasteiger partial charge < -0.3 is 25.4 Å². The van der Waals surface area contributed by atoms with Gasteiger partial charge in [0.05, 0.1) is 11.3 Å². The highest BCUT2D eigenvalue weighted by molar-refractivity contribution is 5.86. The van der Waals surface area contributed by atoms with Crippen molar-refractivity contribution in [3.63, 3.8) is 0 Å². The van der Waals surface area contributed by atoms with Crippen molar-refractivity contribution in [3.05, 3.63) is 58.8 Å². The van der Waals surface area contributed by atoms with Gasteiger partial charge in [0.1, 0.15) is 12.4 Å². The number of ether oxygens (including phenoxy) is 1. The van der Waals surface area contributed by atoms with Crippen molar-refractivity contribution in [1.82, 2.24) is 15.5 Å². The van der Waals surface area contributed by atoms with Crippen LogP contribution in [-0.2, 0) is 10.4 Å². The predicted octanol–water partition coefficient (Wildman–Crippen LogP) is 4.90. The summed E-state index contributed by atoms with van der Waals surface area (Å²) in [6.45, 7) is 12.1. The van der Waals surface area contributed by atoms with Crippen LogP contribution in [0.3, 0.4) is 0 Å². The summed E-state index contributed by atoms with van der Waals surface area (Å²) in [6, 6.07) is 6.26. The molecule has 37 heavy (non-hydrogen) atoms. The second kappa shape index (κ2) is 12.3. The summed E-state index contributed by atoms with van der Waals surface area (Å²) < 4.78 is 6.17. The smallest absolute Gasteiger partial charge is 0.223 e. The first-order valence-corrected chi connectivity index (χ1v) is 14.2. The van der Waals surface area contributed by atoms with Crippen LogP contribution in [0, 0.1) is 5.92 Å². The van der Waals surface area contributed by atoms with Gasteiger partial charge in [-0.25, -0.2) is 0 Å². The molecule has 3 aliphatic heterocycles. The molecule has 0 aliphatic carbocycles. The number of carbonyl (C=O) groups is 1. The molecule has 6 heteroatoms. The number of nitrogens with zero attached hydrogens (tertiary/aromatic N) is 1. The standard InChI is InChI=1S/C31H45N3O3/c1-5-7-10-22(6-2)30(35)33-24-15-18-34(20-24)17-9-12-25-26-11-8-16-32-28(26)21-37-29-14-13-23(19-27(25)29)31(3,4)36/h8,11-14,19,22,24,32,36H,5-7,9-10,15-18,20-21H2,1-4H3,(H,33,35)/b25-12+/t22?,24-/m0/s1. The Kier molecular flexibility index (Phi) is 9.14. The lowest BCUT2D eigenvalue weighted by Gasteiger charge is -2.21. The molecule has 1 aromatic carbocycles. The molecule has 4 rings (SSSR count). The van der Waals surface area contributed by atoms with Crippen molar-refractivity contribution < 1.29 is 14.6 Å². The molecule has 0 radical (unpaired) electrons. The van der Waals surface area contributed by atoms with E-state index in [1.807, 2.05) is 26.0 Å². The summed E-state index contributed by atoms with van der Waals surface area (Å²) in [4.78, 5) is 15.2. The van der Waals surface area contributed by atoms with E-state index in [9.17, 15) is 9.90 Å². The molecule has 1 fully saturated rings. The maximum atomic E-state index is 12.8. The van der Waals surface area contributed by atoms with Gasteiger partial charge in [-0.3, -0.25) is 4.79 Å². The van der Waals surface area contributed by atoms with Gasteiger partial charge in [0.15, 0.2) is 0 Å². The number of amides is 1. The van der Waals surface area contributed by atoms with Crippen molar-refractivity contribution in [2.24, 2.45) is 5.92 Å². The average molecular weight is 508 g/mol. The molecule has 1 amide bonds. The Morgan fingerprint density at radius 3 is 2.95 bits per heavy atom. The molecule has 6 nitrogen and oxygen atoms in total. The minimum absolute atomic E-state index is 0.143. The first-order chi connectivity index (χ1) is 17.8. The SMILES string of the molecule is CCCCC(CC)C(=O)N[C@H]1CCN(CC/C=C2\C3=C(COc4ccc(C(C)(C)O)cc42)NCC=C3)C1. The van der Waals surface area contributed by atoms with E-state index < -0.39 is 5.60 Å². The van der Waals surface area contributed by atoms with Crippen LogP contribution in [0.2, 0.25) is 0 Å². The average Bonchev–Trinajstić information content (AvgIpc) is 3.25. The third-order valence-electron chi connectivity index (χ3n) is 7.86. The van der Waals surface area contributed by atoms with E-state index in [0.717, 1.165) is 92.9 Å². The number of aliphatic hydroxyl groups is 1. The Morgan fingerprint density at radius 1 is 1.35 bits per heavy atom. The minimum atomic E-state index is -0.924. The first-order valence-electron chi connectivity index (χ1n) is 14.2. The van der Waals surface area contributed by atoms with Crippen LogP contribution in [-0.4, -0.2) is 54.7 Å². The van der Waals surface area contributed by atoms with Crippen molar-refractivity contribution >= 4 is 11.5 Å². The molecule has 3 heterocycles. The second-order valence-electron chi connectivity index (χ2n) is 11.2. The van der Waals surface area contributed by atoms with E-state index in [0.29, 0.717) is 6.61 Å². The maximum absolute atomic E-state index is 12.8. The summed E-state index contributed by atoms with van der Waals surface area (Å²) in [5, 5.41) is 17.4. The van der Waals surface area contributed by atoms with Gasteiger partial charge in [0.2, 0.25) is 5.91 Å². The molecule has 0 bridgehead atoms. The van der Waals surface area contributed by atoms with Crippen LogP contribution < -0.4 is 15.4 Å². The Morgan fingerprint density at radius 2 is 2.19 bits per heavy atom. The van der Waals surface area contributed by atoms with E-state index >= 15 is 0 Å². The normalized spacial score (nSPS) is 21.6. The third-order valence-corrected chi connectivity index (χ3v) is 7.86. The summed E-state index contributed by atoms with van der Waals surface area (Å²) in [7, 11) is 0. The molecule has 1 saturated heterocycles. The van der Waals surface area contributed by atoms with Gasteiger partial charge in [0.25, 0.3) is 0 Å². The Hall–Kier alpha value is -2.57. The summed E-state index contributed by atoms with van der Waals surface area (Å²) in [5.74, 6) is 1.23. The zero-order valence-corrected chi connectivity index (χ0v) is 23.1. The molecule has 1 aromatic rings. The van der Waals surface area contributed by atoms with E-state index in [1.54, 1.807) is 0 Å². The zero-order chi connectivity index (χ0) is 26.4. The van der Waals surface area contributed by atoms with Gasteiger partial charge in [-0.05, 0) is 62.8 Å². The number of unbranched alkanes of at least 4 members (excludes halogenated alkanes) is 1. The fraction of sp³-hybridized carbons (Fsp3) is 0.581. The first kappa shape index (κ1) is 27.5. The van der Waals surface area contributed by atoms with Crippen molar-refractivity contribution in [1.29, 1.82) is 0 Å². The molecule has 0 spiro atoms. The summed E-state index contributed by atoms with van der Waals surface area (Å²) in [5.41, 5.74) is 4.41. The van der Waals surface area contributed by atoms with Crippen molar-refractivity contribution in [2.45, 2.75) is 77.9 Å². The summed E-state index contributed by atoms with van der Waals surface area (Å²) in [6.07, 6.45) is 12.7. The highest BCUT2D eigenvalue weighted by Crippen LogP contribution is 2.39. The number of fused-ring (bicyclic) bond motifs is 1. The third kappa shape index (κ3) is 6.85. The quantitative estimate of drug-likeness (QED) is 0.420. The Balaban J connectivity index is 1.44. The molecular weight excluding hydrogens is 462 g/mol. The Labute approximate surface area is 222 Å². The largest absolute Gasteiger partial charge is 0.487 e. The van der Waals surface area contributed by atoms with Crippen LogP contribution in [0.5, 0.6) is 5.75 Å². The van der Waals surface area contributed by atoms with Crippen LogP contribution >= 0.6 is 0 Å². The fourth-order valence-electron chi connectivity index (χ4n) is 5.53. The number of hydrogen-bond donors (Lipinski definition) is 3. The summed E-state index contributed by atoms with van der Waals surface area (Å²) >= 11 is 0. The highest BCUT2D eigenvalue weighted by atomic mass is 16.5. The molecule has 0 aromatic heterocycles. The van der Waals surface area contributed by atoms with E-state index in [1.165, 1.54) is 5.57 Å². The van der Waals surface area contributed by atoms with E-state index in [-0.39, 0.29) is 17.9 Å². The molecule has 3 aliphatic rings. The van der Waals surface area contributed by atoms with Gasteiger partial charge in [-0.15, -0.1) is 0 Å². The number of nitrogens with one attached hydrogen (secondary N) is 2. The lowest BCUT2D eigenvalue weighted by atomic mass is 9.89. The molecular formula is C31H45N3O3. The van der Waals surface area contributed by atoms with E-state index in [2.05, 4.69) is 53.7 Å². The topological polar surface area (TPSA) is 73.8 Å². The number of carbonyl (C=O) groups excluding carboxylic acids is 1. The van der Waals surface area contributed by atoms with Crippen LogP contribution in [0.4, 0.5) is 0 Å². The van der Waals surface area contributed by atoms with Gasteiger partial charge in [-0.2, -0.15) is 0 Å². The van der Waals surface area contributed by atoms with Gasteiger partial charge >= 0.3 is 0 Å². The lowest BCUT2D eigenvalue weighted by Crippen LogP contribution is -2.40. The number of benzene rings is 1. The van der Waals surface area contributed by atoms with Gasteiger partial charge in [0, 0.05) is 49.3 Å². The fourth-order valence-corrected chi connectivity index (χ4v) is 5.53. The number of likely N-dealkylation sites (tertiary alicyclic amines) is 1. The number of rotatable bonds is 10. The highest BCUT2D eigenvalue weighted by Gasteiger charge is 2.27. The second-order valence-corrected chi connectivity index (χ2v) is 11.2. The van der Waals surface area contributed by atoms with Crippen molar-refractivity contribution in [3.8, 4) is 5.75 Å². The Bertz CT molecular complexity index is 1050. The predicted molar refractivity (Wildman–Crippen MR) is 150 cm³/mol. The monoisotopic (exact) mass is 507 g/mol. The number of hydrogen-bond acceptors (Lipinski definition) is 5. The number of dihydropyridines is 1. The molecule has 1 unspecified atom stereocenters. The lowest BCUT2D eigenvalue weighted by molar-refractivity contribution is -0.126. The zero-order valence-electron chi connectivity index (χ0n) is 23.1. The number of allylic oxidation sites excluding steroid dienone is 3. The van der Waals surface area contributed by atoms with Gasteiger partial charge in [-0.1, -0.05) is 51.0 Å². The minimum Gasteiger partial charge on any atom is -0.487 e. The molecule has 3 N–H and O–H groups in total. The van der Waals surface area contributed by atoms with E-state index in [4.69, 9.17) is 4.74 Å². The van der Waals surface area contributed by atoms with Crippen LogP contribution in [0.1, 0.15) is 77.3 Å². The van der Waals surface area contributed by atoms with Crippen LogP contribution in [0.25, 0.3) is 5.57 Å².